The van der Waals surface area contributed by atoms with Gasteiger partial charge in [-0.05, 0) is 0 Å². The van der Waals surface area contributed by atoms with Crippen molar-refractivity contribution in [2.75, 3.05) is 0 Å². The molecule has 0 N–H and O–H groups in total. The van der Waals surface area contributed by atoms with E-state index >= 15 is 0 Å². The van der Waals surface area contributed by atoms with Crippen LogP contribution in [-0.4, -0.2) is 0 Å². The molecule has 0 aromatic heterocycles. The van der Waals surface area contributed by atoms with E-state index in [4.69, 9.17) is 0 Å². The molecule has 0 bridgehead atoms. The molecule has 0 aliphatic heterocycles. The van der Waals surface area contributed by atoms with Crippen LogP contribution in [0.2, 0.25) is 0 Å². The molecule has 1 aliphatic carbocycles. The molecule has 0 spiro atoms. The number of benzene rings is 1. The van der Waals surface area contributed by atoms with Crippen LogP contribution in [0.25, 0.3) is 10.8 Å². The van der Waals surface area contributed by atoms with Crippen LogP contribution in [0, 0.1) is 19.9 Å². The van der Waals surface area contributed by atoms with Crippen molar-refractivity contribution in [3.05, 3.63) is 65.3 Å². The Morgan fingerprint density at radius 3 is 2.45 bits per heavy atom. The van der Waals surface area contributed by atoms with Gasteiger partial charge >= 0.3 is 26.2 Å². The van der Waals surface area contributed by atoms with E-state index in [1.807, 2.05) is 0 Å². The number of hydrogen-bond acceptors (Lipinski definition) is 0. The molecule has 0 heterocycles. The first-order valence-corrected chi connectivity index (χ1v) is 7.10. The average Bonchev–Trinajstić information content (AvgIpc) is 3.02. The first-order chi connectivity index (χ1) is 9.22. The van der Waals surface area contributed by atoms with E-state index in [1.54, 1.807) is 0 Å². The van der Waals surface area contributed by atoms with Crippen molar-refractivity contribution in [3.63, 3.8) is 0 Å². The standard InChI is InChI=1S/C11H11.C8H11.2ClH.Zr/c1-8-4-3-5-10-7-6-9(2)11(8)10;1-2-5-8-6-3-4-7-8;;;/h3-7H,1-2H3;3,6H,2,4-5H2,1H3;2*1H;/q2*-1;;;+2. The number of rotatable bonds is 2. The van der Waals surface area contributed by atoms with Crippen LogP contribution in [0.15, 0.2) is 48.1 Å². The van der Waals surface area contributed by atoms with Crippen LogP contribution in [0.1, 0.15) is 37.3 Å². The second-order valence-corrected chi connectivity index (χ2v) is 5.11. The third kappa shape index (κ3) is 6.49. The normalized spacial score (nSPS) is 11.5. The third-order valence-electron chi connectivity index (χ3n) is 3.50. The maximum Gasteiger partial charge on any atom is 2.00 e. The SMILES string of the molecule is CCCC1=[C-]CC=C1.Cc1cccc2cc[c-](C)c12.Cl.Cl.[Zr+2]. The van der Waals surface area contributed by atoms with Gasteiger partial charge in [-0.25, -0.2) is 11.6 Å². The zero-order chi connectivity index (χ0) is 13.7. The summed E-state index contributed by atoms with van der Waals surface area (Å²) in [5.74, 6) is 0. The average molecular weight is 415 g/mol. The van der Waals surface area contributed by atoms with Gasteiger partial charge in [-0.15, -0.1) is 65.3 Å². The quantitative estimate of drug-likeness (QED) is 0.493. The Balaban J connectivity index is 0. The van der Waals surface area contributed by atoms with Crippen LogP contribution in [0.4, 0.5) is 0 Å². The minimum Gasteiger partial charge on any atom is -0.269 e. The molecule has 0 radical (unpaired) electrons. The van der Waals surface area contributed by atoms with Gasteiger partial charge in [0, 0.05) is 0 Å². The first kappa shape index (κ1) is 24.0. The summed E-state index contributed by atoms with van der Waals surface area (Å²) in [6, 6.07) is 10.8. The van der Waals surface area contributed by atoms with E-state index in [9.17, 15) is 0 Å². The summed E-state index contributed by atoms with van der Waals surface area (Å²) in [6.45, 7) is 6.52. The van der Waals surface area contributed by atoms with Gasteiger partial charge in [0.2, 0.25) is 0 Å². The fourth-order valence-corrected chi connectivity index (χ4v) is 2.56. The van der Waals surface area contributed by atoms with Crippen molar-refractivity contribution in [3.8, 4) is 0 Å². The van der Waals surface area contributed by atoms with Gasteiger partial charge in [0.05, 0.1) is 0 Å². The zero-order valence-corrected chi connectivity index (χ0v) is 17.6. The molecule has 0 fully saturated rings. The second-order valence-electron chi connectivity index (χ2n) is 5.11. The fourth-order valence-electron chi connectivity index (χ4n) is 2.56. The first-order valence-electron chi connectivity index (χ1n) is 7.10. The number of aryl methyl sites for hydroxylation is 2. The molecule has 0 saturated carbocycles. The predicted molar refractivity (Wildman–Crippen MR) is 98.9 cm³/mol. The largest absolute Gasteiger partial charge is 2.00 e. The summed E-state index contributed by atoms with van der Waals surface area (Å²) in [5.41, 5.74) is 4.16. The minimum absolute atomic E-state index is 0. The van der Waals surface area contributed by atoms with E-state index in [0.29, 0.717) is 0 Å². The molecule has 2 aromatic carbocycles. The Hall–Kier alpha value is -0.227. The second kappa shape index (κ2) is 12.2. The van der Waals surface area contributed by atoms with Crippen molar-refractivity contribution in [1.29, 1.82) is 0 Å². The maximum atomic E-state index is 3.26. The van der Waals surface area contributed by atoms with Gasteiger partial charge in [-0.1, -0.05) is 39.7 Å². The van der Waals surface area contributed by atoms with Gasteiger partial charge in [-0.2, -0.15) is 18.2 Å². The summed E-state index contributed by atoms with van der Waals surface area (Å²) in [7, 11) is 0. The van der Waals surface area contributed by atoms with Crippen LogP contribution < -0.4 is 0 Å². The summed E-state index contributed by atoms with van der Waals surface area (Å²) in [5, 5.41) is 2.79. The number of allylic oxidation sites excluding steroid dienone is 4. The molecule has 0 nitrogen and oxygen atoms in total. The topological polar surface area (TPSA) is 0 Å². The molecule has 2 aromatic rings. The molecule has 3 heteroatoms. The Morgan fingerprint density at radius 1 is 1.18 bits per heavy atom. The van der Waals surface area contributed by atoms with Crippen LogP contribution in [-0.2, 0) is 26.2 Å². The van der Waals surface area contributed by atoms with E-state index in [-0.39, 0.29) is 51.0 Å². The molecular weight excluding hydrogens is 390 g/mol. The molecule has 0 atom stereocenters. The van der Waals surface area contributed by atoms with Crippen molar-refractivity contribution < 1.29 is 26.2 Å². The van der Waals surface area contributed by atoms with Crippen LogP contribution in [0.5, 0.6) is 0 Å². The zero-order valence-electron chi connectivity index (χ0n) is 13.5. The molecule has 0 unspecified atom stereocenters. The Labute approximate surface area is 166 Å². The van der Waals surface area contributed by atoms with Crippen molar-refractivity contribution in [2.24, 2.45) is 0 Å². The van der Waals surface area contributed by atoms with Crippen LogP contribution in [0.3, 0.4) is 0 Å². The Bertz CT molecular complexity index is 609. The van der Waals surface area contributed by atoms with E-state index in [2.05, 4.69) is 69.3 Å². The van der Waals surface area contributed by atoms with Gasteiger partial charge < -0.3 is 0 Å². The van der Waals surface area contributed by atoms with Crippen LogP contribution >= 0.6 is 24.8 Å². The van der Waals surface area contributed by atoms with Crippen molar-refractivity contribution >= 4 is 35.6 Å². The molecule has 1 aliphatic rings. The molecule has 118 valence electrons. The summed E-state index contributed by atoms with van der Waals surface area (Å²) >= 11 is 0. The van der Waals surface area contributed by atoms with E-state index < -0.39 is 0 Å². The summed E-state index contributed by atoms with van der Waals surface area (Å²) < 4.78 is 0. The number of halogens is 2. The van der Waals surface area contributed by atoms with Gasteiger partial charge in [0.25, 0.3) is 0 Å². The predicted octanol–water partition coefficient (Wildman–Crippen LogP) is 6.49. The molecule has 0 saturated heterocycles. The monoisotopic (exact) mass is 412 g/mol. The molecule has 22 heavy (non-hydrogen) atoms. The molecular formula is C19H24Cl2Zr. The fraction of sp³-hybridized carbons (Fsp3) is 0.316. The summed E-state index contributed by atoms with van der Waals surface area (Å²) in [6.07, 6.45) is 11.1. The Kier molecular flexibility index (Phi) is 13.4. The minimum atomic E-state index is 0. The smallest absolute Gasteiger partial charge is 0.269 e. The summed E-state index contributed by atoms with van der Waals surface area (Å²) in [4.78, 5) is 0. The molecule has 0 amide bonds. The molecule has 3 rings (SSSR count). The number of fused-ring (bicyclic) bond motifs is 1. The number of hydrogen-bond donors (Lipinski definition) is 0. The van der Waals surface area contributed by atoms with E-state index in [1.165, 1.54) is 40.3 Å². The van der Waals surface area contributed by atoms with E-state index in [0.717, 1.165) is 6.42 Å². The van der Waals surface area contributed by atoms with Crippen molar-refractivity contribution in [1.82, 2.24) is 0 Å². The Morgan fingerprint density at radius 2 is 1.91 bits per heavy atom. The van der Waals surface area contributed by atoms with Crippen molar-refractivity contribution in [2.45, 2.75) is 40.0 Å². The maximum absolute atomic E-state index is 3.26. The van der Waals surface area contributed by atoms with Gasteiger partial charge in [-0.3, -0.25) is 6.08 Å². The third-order valence-corrected chi connectivity index (χ3v) is 3.50. The van der Waals surface area contributed by atoms with Gasteiger partial charge in [0.1, 0.15) is 0 Å². The van der Waals surface area contributed by atoms with Gasteiger partial charge in [0.15, 0.2) is 0 Å².